The van der Waals surface area contributed by atoms with Crippen LogP contribution >= 0.6 is 0 Å². The van der Waals surface area contributed by atoms with Gasteiger partial charge in [0.05, 0.1) is 5.69 Å². The van der Waals surface area contributed by atoms with Crippen LogP contribution in [0, 0.1) is 13.8 Å². The summed E-state index contributed by atoms with van der Waals surface area (Å²) in [5.41, 5.74) is 2.50. The van der Waals surface area contributed by atoms with Crippen molar-refractivity contribution in [3.63, 3.8) is 0 Å². The van der Waals surface area contributed by atoms with Crippen molar-refractivity contribution >= 4 is 5.97 Å². The average molecular weight is 285 g/mol. The molecule has 0 aliphatic heterocycles. The zero-order valence-corrected chi connectivity index (χ0v) is 12.7. The van der Waals surface area contributed by atoms with Crippen LogP contribution in [0.25, 0.3) is 0 Å². The zero-order valence-electron chi connectivity index (χ0n) is 12.7. The first-order valence-electron chi connectivity index (χ1n) is 6.88. The fourth-order valence-corrected chi connectivity index (χ4v) is 2.18. The molecule has 0 fully saturated rings. The van der Waals surface area contributed by atoms with Gasteiger partial charge < -0.3 is 9.84 Å². The van der Waals surface area contributed by atoms with E-state index in [2.05, 4.69) is 18.8 Å². The Labute approximate surface area is 124 Å². The molecule has 4 heteroatoms. The Balaban J connectivity index is 2.37. The monoisotopic (exact) mass is 285 g/mol. The molecule has 0 unspecified atom stereocenters. The van der Waals surface area contributed by atoms with E-state index in [0.717, 1.165) is 5.69 Å². The first kappa shape index (κ1) is 15.0. The third-order valence-corrected chi connectivity index (χ3v) is 3.28. The molecule has 0 saturated carbocycles. The van der Waals surface area contributed by atoms with E-state index < -0.39 is 5.97 Å². The molecule has 0 radical (unpaired) electrons. The van der Waals surface area contributed by atoms with Gasteiger partial charge in [0, 0.05) is 11.8 Å². The number of carboxylic acids is 1. The van der Waals surface area contributed by atoms with Crippen LogP contribution in [0.3, 0.4) is 0 Å². The Kier molecular flexibility index (Phi) is 4.26. The lowest BCUT2D eigenvalue weighted by atomic mass is 10.0. The number of nitrogens with zero attached hydrogens (tertiary/aromatic N) is 1. The van der Waals surface area contributed by atoms with Crippen LogP contribution in [0.5, 0.6) is 11.5 Å². The molecular formula is C17H19NO3. The number of pyridine rings is 1. The van der Waals surface area contributed by atoms with E-state index in [9.17, 15) is 9.90 Å². The fraction of sp³-hybridized carbons (Fsp3) is 0.294. The van der Waals surface area contributed by atoms with Crippen molar-refractivity contribution < 1.29 is 14.6 Å². The van der Waals surface area contributed by atoms with Crippen LogP contribution < -0.4 is 4.74 Å². The smallest absolute Gasteiger partial charge is 0.341 e. The fourth-order valence-electron chi connectivity index (χ4n) is 2.18. The Hall–Kier alpha value is -2.36. The number of carbonyl (C=O) groups is 1. The van der Waals surface area contributed by atoms with E-state index in [-0.39, 0.29) is 5.56 Å². The van der Waals surface area contributed by atoms with Crippen molar-refractivity contribution in [2.24, 2.45) is 0 Å². The minimum absolute atomic E-state index is 0.105. The molecule has 0 aliphatic carbocycles. The minimum Gasteiger partial charge on any atom is -0.477 e. The van der Waals surface area contributed by atoms with Crippen molar-refractivity contribution in [3.05, 3.63) is 52.8 Å². The molecule has 2 rings (SSSR count). The summed E-state index contributed by atoms with van der Waals surface area (Å²) in [4.78, 5) is 15.5. The van der Waals surface area contributed by atoms with E-state index in [0.29, 0.717) is 23.1 Å². The largest absolute Gasteiger partial charge is 0.477 e. The molecule has 1 heterocycles. The molecule has 1 aromatic heterocycles. The third kappa shape index (κ3) is 3.40. The number of carboxylic acid groups (broad SMARTS) is 1. The topological polar surface area (TPSA) is 59.4 Å². The van der Waals surface area contributed by atoms with E-state index in [1.807, 2.05) is 31.2 Å². The lowest BCUT2D eigenvalue weighted by molar-refractivity contribution is 0.0693. The predicted octanol–water partition coefficient (Wildman–Crippen LogP) is 4.31. The molecule has 2 aromatic rings. The molecular weight excluding hydrogens is 266 g/mol. The van der Waals surface area contributed by atoms with E-state index >= 15 is 0 Å². The minimum atomic E-state index is -1.03. The molecule has 21 heavy (non-hydrogen) atoms. The molecule has 110 valence electrons. The summed E-state index contributed by atoms with van der Waals surface area (Å²) in [6.07, 6.45) is 0. The van der Waals surface area contributed by atoms with Gasteiger partial charge in [0.25, 0.3) is 0 Å². The van der Waals surface area contributed by atoms with E-state index in [4.69, 9.17) is 4.74 Å². The van der Waals surface area contributed by atoms with Crippen molar-refractivity contribution in [1.82, 2.24) is 4.98 Å². The number of hydrogen-bond donors (Lipinski definition) is 1. The third-order valence-electron chi connectivity index (χ3n) is 3.28. The van der Waals surface area contributed by atoms with Crippen LogP contribution in [0.1, 0.15) is 47.1 Å². The lowest BCUT2D eigenvalue weighted by Crippen LogP contribution is -2.06. The molecule has 4 nitrogen and oxygen atoms in total. The van der Waals surface area contributed by atoms with E-state index in [1.165, 1.54) is 5.56 Å². The average Bonchev–Trinajstić information content (AvgIpc) is 2.37. The second-order valence-corrected chi connectivity index (χ2v) is 5.35. The molecule has 1 aromatic carbocycles. The standard InChI is InChI=1S/C17H19NO3/c1-10(2)13-5-7-14(8-6-13)21-15-9-11(3)18-12(4)16(15)17(19)20/h5-10H,1-4H3,(H,19,20). The Morgan fingerprint density at radius 1 is 1.19 bits per heavy atom. The summed E-state index contributed by atoms with van der Waals surface area (Å²) in [7, 11) is 0. The van der Waals surface area contributed by atoms with Crippen molar-refractivity contribution in [2.45, 2.75) is 33.6 Å². The molecule has 0 aliphatic rings. The summed E-state index contributed by atoms with van der Waals surface area (Å²) in [6.45, 7) is 7.72. The number of benzene rings is 1. The summed E-state index contributed by atoms with van der Waals surface area (Å²) < 4.78 is 5.75. The molecule has 0 bridgehead atoms. The highest BCUT2D eigenvalue weighted by Crippen LogP contribution is 2.29. The summed E-state index contributed by atoms with van der Waals surface area (Å²) in [5, 5.41) is 9.31. The zero-order chi connectivity index (χ0) is 15.6. The number of aromatic carboxylic acids is 1. The van der Waals surface area contributed by atoms with Crippen LogP contribution in [0.4, 0.5) is 0 Å². The first-order chi connectivity index (χ1) is 9.88. The van der Waals surface area contributed by atoms with Gasteiger partial charge in [0.1, 0.15) is 17.1 Å². The maximum atomic E-state index is 11.4. The normalized spacial score (nSPS) is 10.7. The number of aryl methyl sites for hydroxylation is 2. The van der Waals surface area contributed by atoms with Gasteiger partial charge in [-0.15, -0.1) is 0 Å². The second kappa shape index (κ2) is 5.95. The van der Waals surface area contributed by atoms with Gasteiger partial charge >= 0.3 is 5.97 Å². The quantitative estimate of drug-likeness (QED) is 0.909. The molecule has 0 amide bonds. The number of rotatable bonds is 4. The highest BCUT2D eigenvalue weighted by atomic mass is 16.5. The SMILES string of the molecule is Cc1cc(Oc2ccc(C(C)C)cc2)c(C(=O)O)c(C)n1. The van der Waals surface area contributed by atoms with Gasteiger partial charge in [-0.3, -0.25) is 4.98 Å². The maximum Gasteiger partial charge on any atom is 0.341 e. The van der Waals surface area contributed by atoms with Gasteiger partial charge in [0.15, 0.2) is 0 Å². The van der Waals surface area contributed by atoms with Gasteiger partial charge in [-0.1, -0.05) is 26.0 Å². The van der Waals surface area contributed by atoms with Crippen molar-refractivity contribution in [3.8, 4) is 11.5 Å². The lowest BCUT2D eigenvalue weighted by Gasteiger charge is -2.12. The summed E-state index contributed by atoms with van der Waals surface area (Å²) in [5.74, 6) is 0.351. The highest BCUT2D eigenvalue weighted by molar-refractivity contribution is 5.92. The maximum absolute atomic E-state index is 11.4. The summed E-state index contributed by atoms with van der Waals surface area (Å²) in [6, 6.07) is 9.33. The number of hydrogen-bond acceptors (Lipinski definition) is 3. The number of aromatic nitrogens is 1. The second-order valence-electron chi connectivity index (χ2n) is 5.35. The van der Waals surface area contributed by atoms with E-state index in [1.54, 1.807) is 13.0 Å². The van der Waals surface area contributed by atoms with Crippen LogP contribution in [0.2, 0.25) is 0 Å². The van der Waals surface area contributed by atoms with Crippen molar-refractivity contribution in [2.75, 3.05) is 0 Å². The highest BCUT2D eigenvalue weighted by Gasteiger charge is 2.17. The Morgan fingerprint density at radius 2 is 1.81 bits per heavy atom. The molecule has 0 atom stereocenters. The van der Waals surface area contributed by atoms with Gasteiger partial charge in [0.2, 0.25) is 0 Å². The Morgan fingerprint density at radius 3 is 2.33 bits per heavy atom. The molecule has 0 spiro atoms. The van der Waals surface area contributed by atoms with Gasteiger partial charge in [-0.25, -0.2) is 4.79 Å². The first-order valence-corrected chi connectivity index (χ1v) is 6.88. The molecule has 1 N–H and O–H groups in total. The Bertz CT molecular complexity index is 660. The molecule has 0 saturated heterocycles. The predicted molar refractivity (Wildman–Crippen MR) is 81.3 cm³/mol. The van der Waals surface area contributed by atoms with Crippen LogP contribution in [-0.2, 0) is 0 Å². The van der Waals surface area contributed by atoms with Crippen molar-refractivity contribution in [1.29, 1.82) is 0 Å². The van der Waals surface area contributed by atoms with Crippen LogP contribution in [0.15, 0.2) is 30.3 Å². The van der Waals surface area contributed by atoms with Crippen LogP contribution in [-0.4, -0.2) is 16.1 Å². The summed E-state index contributed by atoms with van der Waals surface area (Å²) >= 11 is 0. The van der Waals surface area contributed by atoms with Gasteiger partial charge in [-0.05, 0) is 37.5 Å². The van der Waals surface area contributed by atoms with Gasteiger partial charge in [-0.2, -0.15) is 0 Å². The number of ether oxygens (including phenoxy) is 1.